The summed E-state index contributed by atoms with van der Waals surface area (Å²) >= 11 is 12.0. The van der Waals surface area contributed by atoms with Gasteiger partial charge >= 0.3 is 6.09 Å². The van der Waals surface area contributed by atoms with Crippen molar-refractivity contribution in [1.82, 2.24) is 4.90 Å². The summed E-state index contributed by atoms with van der Waals surface area (Å²) in [6.45, 7) is 4.16. The van der Waals surface area contributed by atoms with Gasteiger partial charge in [0.2, 0.25) is 0 Å². The number of nitrogens with zero attached hydrogens (tertiary/aromatic N) is 1. The van der Waals surface area contributed by atoms with E-state index in [4.69, 9.17) is 27.9 Å². The molecule has 1 aromatic carbocycles. The number of carbonyl (C=O) groups is 1. The average Bonchev–Trinajstić information content (AvgIpc) is 2.71. The number of benzene rings is 1. The van der Waals surface area contributed by atoms with Crippen LogP contribution >= 0.6 is 23.2 Å². The molecule has 2 rings (SSSR count). The van der Waals surface area contributed by atoms with E-state index in [-0.39, 0.29) is 18.1 Å². The first kappa shape index (κ1) is 14.2. The molecule has 1 aliphatic heterocycles. The van der Waals surface area contributed by atoms with Gasteiger partial charge < -0.3 is 9.64 Å². The largest absolute Gasteiger partial charge is 0.447 e. The van der Waals surface area contributed by atoms with Crippen molar-refractivity contribution in [3.05, 3.63) is 46.5 Å². The van der Waals surface area contributed by atoms with E-state index in [2.05, 4.69) is 6.58 Å². The first-order chi connectivity index (χ1) is 9.04. The van der Waals surface area contributed by atoms with Crippen molar-refractivity contribution in [2.45, 2.75) is 18.4 Å². The molecule has 0 bridgehead atoms. The number of cyclic esters (lactones) is 1. The monoisotopic (exact) mass is 299 g/mol. The maximum Gasteiger partial charge on any atom is 0.409 e. The molecule has 0 aliphatic carbocycles. The minimum absolute atomic E-state index is 0.0113. The summed E-state index contributed by atoms with van der Waals surface area (Å²) in [6.07, 6.45) is 2.28. The minimum Gasteiger partial charge on any atom is -0.447 e. The van der Waals surface area contributed by atoms with Crippen molar-refractivity contribution in [2.75, 3.05) is 13.7 Å². The number of allylic oxidation sites excluding steroid dienone is 1. The summed E-state index contributed by atoms with van der Waals surface area (Å²) in [7, 11) is 1.74. The molecular weight excluding hydrogens is 285 g/mol. The fourth-order valence-corrected chi connectivity index (χ4v) is 2.64. The quantitative estimate of drug-likeness (QED) is 0.783. The van der Waals surface area contributed by atoms with E-state index in [9.17, 15) is 4.79 Å². The Morgan fingerprint density at radius 1 is 1.53 bits per heavy atom. The van der Waals surface area contributed by atoms with E-state index >= 15 is 0 Å². The SMILES string of the molecule is C=CC[C@@H](c1ccc(Cl)c(Cl)c1)[C@H]1COC(=O)N1C. The molecule has 0 N–H and O–H groups in total. The molecule has 0 saturated carbocycles. The maximum atomic E-state index is 11.5. The Kier molecular flexibility index (Phi) is 4.38. The third-order valence-corrected chi connectivity index (χ3v) is 4.16. The number of amides is 1. The molecule has 0 unspecified atom stereocenters. The van der Waals surface area contributed by atoms with Crippen LogP contribution in [0.3, 0.4) is 0 Å². The van der Waals surface area contributed by atoms with Crippen LogP contribution in [0.2, 0.25) is 10.0 Å². The van der Waals surface area contributed by atoms with E-state index < -0.39 is 0 Å². The second-order valence-corrected chi connectivity index (χ2v) is 5.37. The van der Waals surface area contributed by atoms with Crippen LogP contribution in [0.4, 0.5) is 4.79 Å². The van der Waals surface area contributed by atoms with Gasteiger partial charge in [-0.25, -0.2) is 4.79 Å². The molecule has 3 nitrogen and oxygen atoms in total. The minimum atomic E-state index is -0.292. The van der Waals surface area contributed by atoms with Crippen LogP contribution in [-0.2, 0) is 4.74 Å². The van der Waals surface area contributed by atoms with Crippen molar-refractivity contribution in [3.63, 3.8) is 0 Å². The second-order valence-electron chi connectivity index (χ2n) is 4.56. The zero-order valence-corrected chi connectivity index (χ0v) is 12.1. The molecule has 1 saturated heterocycles. The molecule has 0 radical (unpaired) electrons. The van der Waals surface area contributed by atoms with Crippen LogP contribution in [0.15, 0.2) is 30.9 Å². The van der Waals surface area contributed by atoms with Crippen LogP contribution < -0.4 is 0 Å². The molecule has 1 amide bonds. The molecule has 5 heteroatoms. The highest BCUT2D eigenvalue weighted by molar-refractivity contribution is 6.42. The number of halogens is 2. The lowest BCUT2D eigenvalue weighted by molar-refractivity contribution is 0.163. The molecule has 1 aromatic rings. The van der Waals surface area contributed by atoms with Gasteiger partial charge in [0.15, 0.2) is 0 Å². The van der Waals surface area contributed by atoms with Crippen LogP contribution in [0.1, 0.15) is 17.9 Å². The Labute approximate surface area is 122 Å². The number of hydrogen-bond donors (Lipinski definition) is 0. The topological polar surface area (TPSA) is 29.5 Å². The van der Waals surface area contributed by atoms with Crippen LogP contribution in [-0.4, -0.2) is 30.7 Å². The van der Waals surface area contributed by atoms with Crippen LogP contribution in [0, 0.1) is 0 Å². The predicted octanol–water partition coefficient (Wildman–Crippen LogP) is 4.10. The Bertz CT molecular complexity index is 504. The van der Waals surface area contributed by atoms with Crippen molar-refractivity contribution in [2.24, 2.45) is 0 Å². The van der Waals surface area contributed by atoms with Gasteiger partial charge in [0, 0.05) is 13.0 Å². The molecule has 1 heterocycles. The predicted molar refractivity (Wildman–Crippen MR) is 76.9 cm³/mol. The number of ether oxygens (including phenoxy) is 1. The molecule has 1 aliphatic rings. The first-order valence-corrected chi connectivity index (χ1v) is 6.75. The number of likely N-dealkylation sites (N-methyl/N-ethyl adjacent to an activating group) is 1. The zero-order valence-electron chi connectivity index (χ0n) is 10.6. The van der Waals surface area contributed by atoms with Crippen LogP contribution in [0.5, 0.6) is 0 Å². The lowest BCUT2D eigenvalue weighted by Gasteiger charge is -2.26. The molecule has 0 aromatic heterocycles. The van der Waals surface area contributed by atoms with Crippen molar-refractivity contribution >= 4 is 29.3 Å². The molecule has 0 spiro atoms. The Morgan fingerprint density at radius 3 is 2.79 bits per heavy atom. The van der Waals surface area contributed by atoms with Gasteiger partial charge in [-0.2, -0.15) is 0 Å². The summed E-state index contributed by atoms with van der Waals surface area (Å²) < 4.78 is 5.07. The lowest BCUT2D eigenvalue weighted by atomic mass is 9.88. The van der Waals surface area contributed by atoms with Gasteiger partial charge in [0.05, 0.1) is 16.1 Å². The first-order valence-electron chi connectivity index (χ1n) is 6.00. The normalized spacial score (nSPS) is 20.3. The summed E-state index contributed by atoms with van der Waals surface area (Å²) in [5.41, 5.74) is 1.03. The van der Waals surface area contributed by atoms with Gasteiger partial charge in [-0.1, -0.05) is 35.3 Å². The summed E-state index contributed by atoms with van der Waals surface area (Å²) in [6, 6.07) is 5.53. The Hall–Kier alpha value is -1.19. The van der Waals surface area contributed by atoms with Gasteiger partial charge in [0.25, 0.3) is 0 Å². The van der Waals surface area contributed by atoms with Gasteiger partial charge in [-0.3, -0.25) is 0 Å². The number of hydrogen-bond acceptors (Lipinski definition) is 2. The molecular formula is C14H15Cl2NO2. The third kappa shape index (κ3) is 2.88. The third-order valence-electron chi connectivity index (χ3n) is 3.42. The van der Waals surface area contributed by atoms with Crippen LogP contribution in [0.25, 0.3) is 0 Å². The highest BCUT2D eigenvalue weighted by Crippen LogP contribution is 2.33. The average molecular weight is 300 g/mol. The van der Waals surface area contributed by atoms with Gasteiger partial charge in [-0.05, 0) is 24.1 Å². The van der Waals surface area contributed by atoms with E-state index in [0.29, 0.717) is 16.7 Å². The molecule has 102 valence electrons. The van der Waals surface area contributed by atoms with Gasteiger partial charge in [0.1, 0.15) is 6.61 Å². The summed E-state index contributed by atoms with van der Waals surface area (Å²) in [4.78, 5) is 13.1. The van der Waals surface area contributed by atoms with Crippen molar-refractivity contribution < 1.29 is 9.53 Å². The fourth-order valence-electron chi connectivity index (χ4n) is 2.33. The fraction of sp³-hybridized carbons (Fsp3) is 0.357. The highest BCUT2D eigenvalue weighted by Gasteiger charge is 2.36. The molecule has 19 heavy (non-hydrogen) atoms. The highest BCUT2D eigenvalue weighted by atomic mass is 35.5. The summed E-state index contributed by atoms with van der Waals surface area (Å²) in [5, 5.41) is 1.04. The second kappa shape index (κ2) is 5.85. The smallest absolute Gasteiger partial charge is 0.409 e. The lowest BCUT2D eigenvalue weighted by Crippen LogP contribution is -2.34. The van der Waals surface area contributed by atoms with Crippen molar-refractivity contribution in [3.8, 4) is 0 Å². The zero-order chi connectivity index (χ0) is 14.0. The van der Waals surface area contributed by atoms with E-state index in [1.54, 1.807) is 18.0 Å². The number of carbonyl (C=O) groups excluding carboxylic acids is 1. The standard InChI is InChI=1S/C14H15Cl2NO2/c1-3-4-10(13-8-19-14(18)17(13)2)9-5-6-11(15)12(16)7-9/h3,5-7,10,13H,1,4,8H2,2H3/t10-,13+/m0/s1. The van der Waals surface area contributed by atoms with Gasteiger partial charge in [-0.15, -0.1) is 6.58 Å². The van der Waals surface area contributed by atoms with E-state index in [0.717, 1.165) is 12.0 Å². The Morgan fingerprint density at radius 2 is 2.26 bits per heavy atom. The molecule has 2 atom stereocenters. The Balaban J connectivity index is 2.31. The van der Waals surface area contributed by atoms with Crippen molar-refractivity contribution in [1.29, 1.82) is 0 Å². The van der Waals surface area contributed by atoms with E-state index in [1.807, 2.05) is 18.2 Å². The van der Waals surface area contributed by atoms with E-state index in [1.165, 1.54) is 0 Å². The number of rotatable bonds is 4. The maximum absolute atomic E-state index is 11.5. The molecule has 1 fully saturated rings. The summed E-state index contributed by atoms with van der Waals surface area (Å²) in [5.74, 6) is 0.101.